The quantitative estimate of drug-likeness (QED) is 0.800. The molecule has 1 heterocycles. The summed E-state index contributed by atoms with van der Waals surface area (Å²) in [6.07, 6.45) is 3.33. The number of carbonyl (C=O) groups is 1. The molecule has 0 fully saturated rings. The molecule has 20 heavy (non-hydrogen) atoms. The molecule has 1 amide bonds. The summed E-state index contributed by atoms with van der Waals surface area (Å²) in [6.45, 7) is 3.26. The minimum Gasteiger partial charge on any atom is -0.335 e. The molecule has 0 aliphatic carbocycles. The van der Waals surface area contributed by atoms with Crippen LogP contribution in [0.4, 0.5) is 5.69 Å². The number of para-hydroxylation sites is 1. The van der Waals surface area contributed by atoms with Gasteiger partial charge in [0.05, 0.1) is 12.0 Å². The number of amides is 1. The van der Waals surface area contributed by atoms with E-state index in [1.807, 2.05) is 28.8 Å². The summed E-state index contributed by atoms with van der Waals surface area (Å²) in [4.78, 5) is 17.3. The molecule has 0 unspecified atom stereocenters. The maximum Gasteiger partial charge on any atom is 0.275 e. The number of hydrogen-bond acceptors (Lipinski definition) is 4. The zero-order valence-corrected chi connectivity index (χ0v) is 12.2. The second-order valence-corrected chi connectivity index (χ2v) is 5.47. The van der Waals surface area contributed by atoms with Gasteiger partial charge in [-0.25, -0.2) is 4.98 Å². The van der Waals surface area contributed by atoms with Crippen molar-refractivity contribution in [1.82, 2.24) is 9.55 Å². The summed E-state index contributed by atoms with van der Waals surface area (Å²) < 4.78 is 1.81. The topological polar surface area (TPSA) is 72.9 Å². The van der Waals surface area contributed by atoms with Gasteiger partial charge in [0.25, 0.3) is 5.91 Å². The number of nitrogens with one attached hydrogen (secondary N) is 1. The Morgan fingerprint density at radius 3 is 3.00 bits per heavy atom. The number of rotatable bonds is 6. The van der Waals surface area contributed by atoms with Gasteiger partial charge in [-0.1, -0.05) is 19.1 Å². The van der Waals surface area contributed by atoms with E-state index in [2.05, 4.69) is 17.2 Å². The Kier molecular flexibility index (Phi) is 5.20. The number of anilines is 1. The van der Waals surface area contributed by atoms with Crippen molar-refractivity contribution in [1.29, 1.82) is 0 Å². The number of nitrogens with zero attached hydrogens (tertiary/aromatic N) is 2. The average Bonchev–Trinajstić information content (AvgIpc) is 2.90. The number of thioether (sulfide) groups is 1. The summed E-state index contributed by atoms with van der Waals surface area (Å²) in [5, 5.41) is 2.90. The van der Waals surface area contributed by atoms with Crippen LogP contribution in [-0.4, -0.2) is 27.8 Å². The highest BCUT2D eigenvalue weighted by molar-refractivity contribution is 7.99. The third-order valence-corrected chi connectivity index (χ3v) is 3.64. The van der Waals surface area contributed by atoms with Crippen LogP contribution in [0, 0.1) is 0 Å². The molecule has 0 aliphatic heterocycles. The molecule has 0 atom stereocenters. The summed E-state index contributed by atoms with van der Waals surface area (Å²) in [6, 6.07) is 7.76. The fourth-order valence-corrected chi connectivity index (χ4v) is 2.55. The van der Waals surface area contributed by atoms with Gasteiger partial charge in [0.2, 0.25) is 0 Å². The van der Waals surface area contributed by atoms with Gasteiger partial charge in [0.15, 0.2) is 0 Å². The van der Waals surface area contributed by atoms with E-state index in [0.29, 0.717) is 18.8 Å². The lowest BCUT2D eigenvalue weighted by molar-refractivity contribution is 0.102. The van der Waals surface area contributed by atoms with Crippen molar-refractivity contribution in [2.45, 2.75) is 18.4 Å². The van der Waals surface area contributed by atoms with E-state index in [9.17, 15) is 4.79 Å². The zero-order valence-electron chi connectivity index (χ0n) is 11.4. The molecule has 0 spiro atoms. The number of benzene rings is 1. The predicted molar refractivity (Wildman–Crippen MR) is 82.1 cm³/mol. The van der Waals surface area contributed by atoms with Crippen molar-refractivity contribution in [2.24, 2.45) is 5.73 Å². The summed E-state index contributed by atoms with van der Waals surface area (Å²) >= 11 is 1.70. The molecule has 5 nitrogen and oxygen atoms in total. The van der Waals surface area contributed by atoms with E-state index >= 15 is 0 Å². The lowest BCUT2D eigenvalue weighted by atomic mass is 10.3. The average molecular weight is 290 g/mol. The Morgan fingerprint density at radius 1 is 1.45 bits per heavy atom. The third-order valence-electron chi connectivity index (χ3n) is 2.69. The maximum atomic E-state index is 12.2. The second kappa shape index (κ2) is 7.12. The van der Waals surface area contributed by atoms with Crippen LogP contribution in [0.25, 0.3) is 0 Å². The number of aromatic nitrogens is 2. The van der Waals surface area contributed by atoms with Crippen molar-refractivity contribution >= 4 is 23.4 Å². The van der Waals surface area contributed by atoms with E-state index in [0.717, 1.165) is 16.3 Å². The van der Waals surface area contributed by atoms with E-state index in [1.165, 1.54) is 0 Å². The first-order valence-corrected chi connectivity index (χ1v) is 7.48. The van der Waals surface area contributed by atoms with Crippen molar-refractivity contribution in [3.05, 3.63) is 42.5 Å². The van der Waals surface area contributed by atoms with Crippen molar-refractivity contribution in [3.63, 3.8) is 0 Å². The van der Waals surface area contributed by atoms with Crippen LogP contribution in [-0.2, 0) is 6.54 Å². The zero-order chi connectivity index (χ0) is 14.4. The molecule has 0 bridgehead atoms. The van der Waals surface area contributed by atoms with Gasteiger partial charge in [0, 0.05) is 24.2 Å². The first-order chi connectivity index (χ1) is 9.74. The van der Waals surface area contributed by atoms with E-state index in [1.54, 1.807) is 24.3 Å². The van der Waals surface area contributed by atoms with Gasteiger partial charge in [-0.05, 0) is 17.9 Å². The molecule has 2 rings (SSSR count). The molecular weight excluding hydrogens is 272 g/mol. The number of hydrogen-bond donors (Lipinski definition) is 2. The molecule has 6 heteroatoms. The minimum atomic E-state index is -0.204. The highest BCUT2D eigenvalue weighted by Gasteiger charge is 2.11. The minimum absolute atomic E-state index is 0.204. The Balaban J connectivity index is 2.10. The Bertz CT molecular complexity index is 582. The van der Waals surface area contributed by atoms with E-state index in [4.69, 9.17) is 5.73 Å². The molecule has 2 aromatic rings. The lowest BCUT2D eigenvalue weighted by Crippen LogP contribution is -2.13. The van der Waals surface area contributed by atoms with Crippen molar-refractivity contribution < 1.29 is 4.79 Å². The first-order valence-electron chi connectivity index (χ1n) is 6.49. The molecule has 0 saturated carbocycles. The van der Waals surface area contributed by atoms with Crippen LogP contribution < -0.4 is 11.1 Å². The monoisotopic (exact) mass is 290 g/mol. The van der Waals surface area contributed by atoms with Gasteiger partial charge >= 0.3 is 0 Å². The number of carbonyl (C=O) groups excluding carboxylic acids is 1. The van der Waals surface area contributed by atoms with Gasteiger partial charge in [0.1, 0.15) is 5.69 Å². The van der Waals surface area contributed by atoms with Crippen LogP contribution in [0.5, 0.6) is 0 Å². The maximum absolute atomic E-state index is 12.2. The summed E-state index contributed by atoms with van der Waals surface area (Å²) in [5.41, 5.74) is 6.69. The van der Waals surface area contributed by atoms with Crippen molar-refractivity contribution in [3.8, 4) is 0 Å². The van der Waals surface area contributed by atoms with Crippen LogP contribution in [0.3, 0.4) is 0 Å². The Morgan fingerprint density at radius 2 is 2.25 bits per heavy atom. The number of nitrogens with two attached hydrogens (primary N) is 1. The predicted octanol–water partition coefficient (Wildman–Crippen LogP) is 2.21. The molecule has 3 N–H and O–H groups in total. The summed E-state index contributed by atoms with van der Waals surface area (Å²) in [5.74, 6) is 0.753. The molecule has 0 aliphatic rings. The Hall–Kier alpha value is -1.79. The molecule has 0 radical (unpaired) electrons. The normalized spacial score (nSPS) is 10.5. The smallest absolute Gasteiger partial charge is 0.275 e. The largest absolute Gasteiger partial charge is 0.335 e. The van der Waals surface area contributed by atoms with Crippen LogP contribution in [0.1, 0.15) is 17.4 Å². The van der Waals surface area contributed by atoms with Gasteiger partial charge < -0.3 is 15.6 Å². The van der Waals surface area contributed by atoms with Gasteiger partial charge in [-0.2, -0.15) is 0 Å². The van der Waals surface area contributed by atoms with Gasteiger partial charge in [-0.15, -0.1) is 11.8 Å². The first kappa shape index (κ1) is 14.6. The molecule has 106 valence electrons. The molecule has 1 aromatic heterocycles. The summed E-state index contributed by atoms with van der Waals surface area (Å²) in [7, 11) is 0. The second-order valence-electron chi connectivity index (χ2n) is 4.17. The highest BCUT2D eigenvalue weighted by atomic mass is 32.2. The Labute approximate surface area is 122 Å². The van der Waals surface area contributed by atoms with Crippen molar-refractivity contribution in [2.75, 3.05) is 17.6 Å². The highest BCUT2D eigenvalue weighted by Crippen LogP contribution is 2.26. The van der Waals surface area contributed by atoms with Crippen LogP contribution in [0.2, 0.25) is 0 Å². The molecular formula is C14H18N4OS. The SMILES string of the molecule is CCSc1ccccc1NC(=O)c1cn(CCN)cn1. The van der Waals surface area contributed by atoms with Crippen LogP contribution in [0.15, 0.2) is 41.7 Å². The standard InChI is InChI=1S/C14H18N4OS/c1-2-20-13-6-4-3-5-11(13)17-14(19)12-9-18(8-7-15)10-16-12/h3-6,9-10H,2,7-8,15H2,1H3,(H,17,19). The van der Waals surface area contributed by atoms with E-state index < -0.39 is 0 Å². The number of imidazole rings is 1. The fourth-order valence-electron chi connectivity index (χ4n) is 1.79. The van der Waals surface area contributed by atoms with E-state index in [-0.39, 0.29) is 5.91 Å². The lowest BCUT2D eigenvalue weighted by Gasteiger charge is -2.08. The molecule has 1 aromatic carbocycles. The third kappa shape index (κ3) is 3.61. The fraction of sp³-hybridized carbons (Fsp3) is 0.286. The van der Waals surface area contributed by atoms with Gasteiger partial charge in [-0.3, -0.25) is 4.79 Å². The van der Waals surface area contributed by atoms with Crippen LogP contribution >= 0.6 is 11.8 Å². The molecule has 0 saturated heterocycles.